The van der Waals surface area contributed by atoms with Crippen molar-refractivity contribution < 1.29 is 9.90 Å². The van der Waals surface area contributed by atoms with Crippen molar-refractivity contribution in [2.75, 3.05) is 5.32 Å². The first kappa shape index (κ1) is 19.2. The van der Waals surface area contributed by atoms with Gasteiger partial charge in [0.25, 0.3) is 5.91 Å². The lowest BCUT2D eigenvalue weighted by Gasteiger charge is -2.08. The summed E-state index contributed by atoms with van der Waals surface area (Å²) in [5, 5.41) is 23.9. The zero-order valence-corrected chi connectivity index (χ0v) is 15.0. The van der Waals surface area contributed by atoms with Gasteiger partial charge in [0, 0.05) is 18.4 Å². The van der Waals surface area contributed by atoms with Gasteiger partial charge in [0.05, 0.1) is 6.61 Å². The van der Waals surface area contributed by atoms with Crippen molar-refractivity contribution in [3.05, 3.63) is 77.0 Å². The van der Waals surface area contributed by atoms with E-state index in [2.05, 4.69) is 24.5 Å². The van der Waals surface area contributed by atoms with Gasteiger partial charge in [0.1, 0.15) is 11.6 Å². The fraction of sp³-hybridized carbons (Fsp3) is 0.238. The van der Waals surface area contributed by atoms with Crippen LogP contribution in [-0.2, 0) is 17.9 Å². The number of benzene rings is 2. The minimum Gasteiger partial charge on any atom is -0.392 e. The molecule has 0 unspecified atom stereocenters. The van der Waals surface area contributed by atoms with Gasteiger partial charge in [-0.1, -0.05) is 50.2 Å². The van der Waals surface area contributed by atoms with Crippen molar-refractivity contribution in [1.29, 1.82) is 5.26 Å². The lowest BCUT2D eigenvalue weighted by atomic mass is 10.0. The van der Waals surface area contributed by atoms with Crippen LogP contribution in [0, 0.1) is 11.3 Å². The average Bonchev–Trinajstić information content (AvgIpc) is 2.66. The molecule has 0 aliphatic heterocycles. The van der Waals surface area contributed by atoms with Crippen LogP contribution in [0.4, 0.5) is 5.69 Å². The van der Waals surface area contributed by atoms with E-state index in [1.807, 2.05) is 54.6 Å². The number of hydrogen-bond donors (Lipinski definition) is 3. The highest BCUT2D eigenvalue weighted by Gasteiger charge is 2.09. The third-order valence-electron chi connectivity index (χ3n) is 3.96. The molecule has 2 rings (SSSR count). The van der Waals surface area contributed by atoms with Crippen molar-refractivity contribution in [3.8, 4) is 6.07 Å². The van der Waals surface area contributed by atoms with Gasteiger partial charge in [0.2, 0.25) is 0 Å². The second kappa shape index (κ2) is 9.40. The van der Waals surface area contributed by atoms with Crippen molar-refractivity contribution in [2.45, 2.75) is 32.9 Å². The number of amides is 1. The lowest BCUT2D eigenvalue weighted by molar-refractivity contribution is -0.112. The molecule has 0 saturated heterocycles. The lowest BCUT2D eigenvalue weighted by Crippen LogP contribution is -2.16. The molecule has 0 aliphatic carbocycles. The van der Waals surface area contributed by atoms with Crippen molar-refractivity contribution in [1.82, 2.24) is 5.32 Å². The maximum Gasteiger partial charge on any atom is 0.267 e. The molecule has 0 bridgehead atoms. The summed E-state index contributed by atoms with van der Waals surface area (Å²) in [5.41, 5.74) is 3.67. The van der Waals surface area contributed by atoms with Crippen LogP contribution in [0.5, 0.6) is 0 Å². The van der Waals surface area contributed by atoms with E-state index in [0.29, 0.717) is 18.2 Å². The summed E-state index contributed by atoms with van der Waals surface area (Å²) in [6, 6.07) is 16.9. The SMILES string of the molecule is CC(C)c1ccc(NC(=O)/C(C#N)=C\NCc2ccc(CO)cc2)cc1. The Labute approximate surface area is 154 Å². The Morgan fingerprint density at radius 1 is 1.12 bits per heavy atom. The molecule has 2 aromatic rings. The highest BCUT2D eigenvalue weighted by Crippen LogP contribution is 2.17. The third kappa shape index (κ3) is 5.47. The Morgan fingerprint density at radius 2 is 1.73 bits per heavy atom. The summed E-state index contributed by atoms with van der Waals surface area (Å²) in [5.74, 6) is -0.0297. The largest absolute Gasteiger partial charge is 0.392 e. The number of rotatable bonds is 7. The van der Waals surface area contributed by atoms with Crippen molar-refractivity contribution in [2.24, 2.45) is 0 Å². The number of anilines is 1. The summed E-state index contributed by atoms with van der Waals surface area (Å²) in [4.78, 5) is 12.2. The second-order valence-corrected chi connectivity index (χ2v) is 6.26. The predicted octanol–water partition coefficient (Wildman–Crippen LogP) is 3.44. The van der Waals surface area contributed by atoms with Crippen LogP contribution in [0.15, 0.2) is 60.3 Å². The van der Waals surface area contributed by atoms with Crippen LogP contribution in [0.25, 0.3) is 0 Å². The molecule has 0 radical (unpaired) electrons. The zero-order chi connectivity index (χ0) is 18.9. The molecule has 0 atom stereocenters. The van der Waals surface area contributed by atoms with Crippen LogP contribution < -0.4 is 10.6 Å². The Hall–Kier alpha value is -3.10. The predicted molar refractivity (Wildman–Crippen MR) is 102 cm³/mol. The standard InChI is InChI=1S/C21H23N3O2/c1-15(2)18-7-9-20(10-8-18)24-21(26)19(11-22)13-23-12-16-3-5-17(14-25)6-4-16/h3-10,13,15,23,25H,12,14H2,1-2H3,(H,24,26)/b19-13-. The van der Waals surface area contributed by atoms with Crippen LogP contribution in [0.1, 0.15) is 36.5 Å². The van der Waals surface area contributed by atoms with Gasteiger partial charge in [-0.25, -0.2) is 0 Å². The number of nitrogens with one attached hydrogen (secondary N) is 2. The van der Waals surface area contributed by atoms with Crippen molar-refractivity contribution >= 4 is 11.6 Å². The molecule has 3 N–H and O–H groups in total. The van der Waals surface area contributed by atoms with Gasteiger partial charge in [-0.05, 0) is 34.7 Å². The molecule has 2 aromatic carbocycles. The number of hydrogen-bond acceptors (Lipinski definition) is 4. The first-order chi connectivity index (χ1) is 12.5. The number of aliphatic hydroxyl groups is 1. The Bertz CT molecular complexity index is 801. The highest BCUT2D eigenvalue weighted by atomic mass is 16.3. The summed E-state index contributed by atoms with van der Waals surface area (Å²) in [7, 11) is 0. The molecule has 0 heterocycles. The molecular weight excluding hydrogens is 326 g/mol. The van der Waals surface area contributed by atoms with Crippen LogP contribution in [0.3, 0.4) is 0 Å². The molecule has 0 spiro atoms. The molecule has 5 nitrogen and oxygen atoms in total. The monoisotopic (exact) mass is 349 g/mol. The molecule has 5 heteroatoms. The van der Waals surface area contributed by atoms with E-state index >= 15 is 0 Å². The average molecular weight is 349 g/mol. The second-order valence-electron chi connectivity index (χ2n) is 6.26. The van der Waals surface area contributed by atoms with Crippen LogP contribution >= 0.6 is 0 Å². The highest BCUT2D eigenvalue weighted by molar-refractivity contribution is 6.06. The van der Waals surface area contributed by atoms with Crippen LogP contribution in [-0.4, -0.2) is 11.0 Å². The summed E-state index contributed by atoms with van der Waals surface area (Å²) in [6.45, 7) is 4.69. The zero-order valence-electron chi connectivity index (χ0n) is 15.0. The molecule has 134 valence electrons. The number of carbonyl (C=O) groups excluding carboxylic acids is 1. The Kier molecular flexibility index (Phi) is 6.95. The van der Waals surface area contributed by atoms with E-state index in [9.17, 15) is 10.1 Å². The number of aliphatic hydroxyl groups excluding tert-OH is 1. The van der Waals surface area contributed by atoms with Gasteiger partial charge in [-0.2, -0.15) is 5.26 Å². The minimum absolute atomic E-state index is 0.00448. The summed E-state index contributed by atoms with van der Waals surface area (Å²) in [6.07, 6.45) is 1.41. The Morgan fingerprint density at radius 3 is 2.27 bits per heavy atom. The number of carbonyl (C=O) groups is 1. The molecule has 0 saturated carbocycles. The van der Waals surface area contributed by atoms with Gasteiger partial charge in [-0.3, -0.25) is 4.79 Å². The van der Waals surface area contributed by atoms with Gasteiger partial charge < -0.3 is 15.7 Å². The summed E-state index contributed by atoms with van der Waals surface area (Å²) < 4.78 is 0. The van der Waals surface area contributed by atoms with Gasteiger partial charge in [-0.15, -0.1) is 0 Å². The van der Waals surface area contributed by atoms with E-state index in [1.54, 1.807) is 0 Å². The number of nitrogens with zero attached hydrogens (tertiary/aromatic N) is 1. The first-order valence-electron chi connectivity index (χ1n) is 8.47. The van der Waals surface area contributed by atoms with E-state index in [1.165, 1.54) is 11.8 Å². The fourth-order valence-electron chi connectivity index (χ4n) is 2.33. The normalized spacial score (nSPS) is 11.1. The molecule has 1 amide bonds. The third-order valence-corrected chi connectivity index (χ3v) is 3.96. The molecule has 0 aliphatic rings. The van der Waals surface area contributed by atoms with E-state index < -0.39 is 5.91 Å². The first-order valence-corrected chi connectivity index (χ1v) is 8.47. The maximum absolute atomic E-state index is 12.2. The number of nitriles is 1. The fourth-order valence-corrected chi connectivity index (χ4v) is 2.33. The van der Waals surface area contributed by atoms with Crippen LogP contribution in [0.2, 0.25) is 0 Å². The van der Waals surface area contributed by atoms with E-state index in [0.717, 1.165) is 11.1 Å². The smallest absolute Gasteiger partial charge is 0.267 e. The molecule has 0 fully saturated rings. The van der Waals surface area contributed by atoms with Gasteiger partial charge >= 0.3 is 0 Å². The maximum atomic E-state index is 12.2. The van der Waals surface area contributed by atoms with E-state index in [4.69, 9.17) is 5.11 Å². The molecule has 26 heavy (non-hydrogen) atoms. The topological polar surface area (TPSA) is 85.2 Å². The van der Waals surface area contributed by atoms with E-state index in [-0.39, 0.29) is 12.2 Å². The Balaban J connectivity index is 1.94. The van der Waals surface area contributed by atoms with Crippen molar-refractivity contribution in [3.63, 3.8) is 0 Å². The summed E-state index contributed by atoms with van der Waals surface area (Å²) >= 11 is 0. The molecule has 0 aromatic heterocycles. The van der Waals surface area contributed by atoms with Gasteiger partial charge in [0.15, 0.2) is 0 Å². The minimum atomic E-state index is -0.451. The molecular formula is C21H23N3O2. The quantitative estimate of drug-likeness (QED) is 0.528.